The molecule has 24 heavy (non-hydrogen) atoms. The van der Waals surface area contributed by atoms with Crippen LogP contribution in [0.25, 0.3) is 0 Å². The molecule has 0 saturated carbocycles. The van der Waals surface area contributed by atoms with E-state index in [4.69, 9.17) is 0 Å². The molecule has 1 aromatic carbocycles. The van der Waals surface area contributed by atoms with Crippen molar-refractivity contribution in [1.82, 2.24) is 9.97 Å². The molecule has 0 bridgehead atoms. The van der Waals surface area contributed by atoms with Gasteiger partial charge in [0.15, 0.2) is 4.90 Å². The zero-order valence-corrected chi connectivity index (χ0v) is 13.6. The minimum absolute atomic E-state index is 0.0507. The molecule has 0 amide bonds. The number of aromatic amines is 2. The van der Waals surface area contributed by atoms with Crippen molar-refractivity contribution in [2.75, 3.05) is 10.8 Å². The minimum atomic E-state index is -4.54. The van der Waals surface area contributed by atoms with E-state index < -0.39 is 38.7 Å². The van der Waals surface area contributed by atoms with Gasteiger partial charge in [-0.2, -0.15) is 0 Å². The third kappa shape index (κ3) is 3.38. The molecule has 0 aliphatic carbocycles. The van der Waals surface area contributed by atoms with Crippen LogP contribution in [-0.4, -0.2) is 30.9 Å². The summed E-state index contributed by atoms with van der Waals surface area (Å²) in [4.78, 5) is 37.4. The van der Waals surface area contributed by atoms with Crippen LogP contribution < -0.4 is 20.7 Å². The van der Waals surface area contributed by atoms with Crippen LogP contribution in [0.4, 0.5) is 5.69 Å². The first-order valence-electron chi connectivity index (χ1n) is 6.75. The van der Waals surface area contributed by atoms with Crippen LogP contribution in [0.15, 0.2) is 38.8 Å². The van der Waals surface area contributed by atoms with Gasteiger partial charge in [-0.25, -0.2) is 13.2 Å². The number of carboxylic acids is 1. The van der Waals surface area contributed by atoms with Crippen molar-refractivity contribution in [2.24, 2.45) is 0 Å². The first-order chi connectivity index (χ1) is 11.1. The summed E-state index contributed by atoms with van der Waals surface area (Å²) in [7, 11) is -4.54. The second-order valence-corrected chi connectivity index (χ2v) is 6.88. The summed E-state index contributed by atoms with van der Waals surface area (Å²) >= 11 is 0. The van der Waals surface area contributed by atoms with E-state index in [1.807, 2.05) is 4.98 Å². The highest BCUT2D eigenvalue weighted by Crippen LogP contribution is 2.22. The van der Waals surface area contributed by atoms with Crippen LogP contribution in [-0.2, 0) is 14.8 Å². The van der Waals surface area contributed by atoms with Crippen molar-refractivity contribution in [1.29, 1.82) is 0 Å². The molecule has 10 heteroatoms. The number of benzene rings is 1. The lowest BCUT2D eigenvalue weighted by Gasteiger charge is -2.25. The second-order valence-electron chi connectivity index (χ2n) is 5.08. The monoisotopic (exact) mass is 352 g/mol. The summed E-state index contributed by atoms with van der Waals surface area (Å²) in [5.74, 6) is -1.64. The van der Waals surface area contributed by atoms with Crippen LogP contribution in [0.2, 0.25) is 0 Å². The number of carbonyl (C=O) groups excluding carboxylic acids is 1. The first kappa shape index (κ1) is 17.5. The molecule has 9 nitrogen and oxygen atoms in total. The molecule has 1 aromatic heterocycles. The Kier molecular flexibility index (Phi) is 4.60. The van der Waals surface area contributed by atoms with E-state index in [1.165, 1.54) is 19.1 Å². The van der Waals surface area contributed by atoms with Crippen molar-refractivity contribution >= 4 is 21.7 Å². The summed E-state index contributed by atoms with van der Waals surface area (Å²) in [5.41, 5.74) is -1.30. The van der Waals surface area contributed by atoms with Crippen LogP contribution in [0, 0.1) is 13.8 Å². The molecule has 2 N–H and O–H groups in total. The zero-order chi connectivity index (χ0) is 18.1. The summed E-state index contributed by atoms with van der Waals surface area (Å²) in [6.07, 6.45) is 0. The first-order valence-corrected chi connectivity index (χ1v) is 8.19. The number of carboxylic acid groups (broad SMARTS) is 1. The number of sulfonamides is 1. The molecular formula is C14H14N3O6S-. The van der Waals surface area contributed by atoms with Gasteiger partial charge in [0.2, 0.25) is 0 Å². The molecule has 0 spiro atoms. The van der Waals surface area contributed by atoms with E-state index >= 15 is 0 Å². The van der Waals surface area contributed by atoms with Gasteiger partial charge in [0, 0.05) is 5.69 Å². The number of aryl methyl sites for hydroxylation is 2. The Morgan fingerprint density at radius 3 is 2.21 bits per heavy atom. The Hall–Kier alpha value is -2.88. The molecule has 0 atom stereocenters. The highest BCUT2D eigenvalue weighted by atomic mass is 32.2. The Labute approximate surface area is 136 Å². The predicted molar refractivity (Wildman–Crippen MR) is 83.1 cm³/mol. The van der Waals surface area contributed by atoms with Crippen LogP contribution in [0.1, 0.15) is 11.3 Å². The van der Waals surface area contributed by atoms with Crippen molar-refractivity contribution in [3.05, 3.63) is 56.4 Å². The largest absolute Gasteiger partial charge is 0.548 e. The minimum Gasteiger partial charge on any atom is -0.548 e. The maximum absolute atomic E-state index is 12.8. The molecule has 128 valence electrons. The quantitative estimate of drug-likeness (QED) is 0.679. The van der Waals surface area contributed by atoms with Gasteiger partial charge in [-0.1, -0.05) is 17.7 Å². The van der Waals surface area contributed by atoms with Crippen LogP contribution >= 0.6 is 0 Å². The fourth-order valence-corrected chi connectivity index (χ4v) is 3.77. The molecule has 0 unspecified atom stereocenters. The fourth-order valence-electron chi connectivity index (χ4n) is 2.15. The highest BCUT2D eigenvalue weighted by Gasteiger charge is 2.30. The van der Waals surface area contributed by atoms with Gasteiger partial charge < -0.3 is 14.9 Å². The number of nitrogens with zero attached hydrogens (tertiary/aromatic N) is 1. The standard InChI is InChI=1S/C14H15N3O6S/c1-8-3-5-10(6-4-8)17(7-11(18)19)24(22,23)12-9(2)15-14(21)16-13(12)20/h3-6H,7H2,1-2H3,(H,18,19)(H2,15,16,20,21)/p-1. The number of anilines is 1. The molecular weight excluding hydrogens is 338 g/mol. The summed E-state index contributed by atoms with van der Waals surface area (Å²) in [6, 6.07) is 6.00. The maximum Gasteiger partial charge on any atom is 0.325 e. The molecule has 2 aromatic rings. The topological polar surface area (TPSA) is 143 Å². The zero-order valence-electron chi connectivity index (χ0n) is 12.8. The second kappa shape index (κ2) is 6.32. The van der Waals surface area contributed by atoms with Crippen molar-refractivity contribution < 1.29 is 18.3 Å². The predicted octanol–water partition coefficient (Wildman–Crippen LogP) is -1.37. The van der Waals surface area contributed by atoms with Crippen molar-refractivity contribution in [2.45, 2.75) is 18.7 Å². The molecule has 0 radical (unpaired) electrons. The lowest BCUT2D eigenvalue weighted by atomic mass is 10.2. The lowest BCUT2D eigenvalue weighted by molar-refractivity contribution is -0.303. The molecule has 0 aliphatic rings. The van der Waals surface area contributed by atoms with Gasteiger partial charge in [-0.3, -0.25) is 14.1 Å². The van der Waals surface area contributed by atoms with Gasteiger partial charge in [0.05, 0.1) is 18.2 Å². The number of aliphatic carboxylic acids is 1. The third-order valence-electron chi connectivity index (χ3n) is 3.22. The molecule has 0 aliphatic heterocycles. The Bertz CT molecular complexity index is 988. The van der Waals surface area contributed by atoms with Gasteiger partial charge >= 0.3 is 5.69 Å². The van der Waals surface area contributed by atoms with E-state index in [-0.39, 0.29) is 11.4 Å². The molecule has 0 fully saturated rings. The lowest BCUT2D eigenvalue weighted by Crippen LogP contribution is -2.44. The average molecular weight is 352 g/mol. The average Bonchev–Trinajstić information content (AvgIpc) is 2.44. The van der Waals surface area contributed by atoms with Gasteiger partial charge in [0.1, 0.15) is 0 Å². The fraction of sp³-hybridized carbons (Fsp3) is 0.214. The highest BCUT2D eigenvalue weighted by molar-refractivity contribution is 7.92. The van der Waals surface area contributed by atoms with Crippen molar-refractivity contribution in [3.63, 3.8) is 0 Å². The SMILES string of the molecule is Cc1ccc(N(CC(=O)[O-])S(=O)(=O)c2c(C)[nH]c(=O)[nH]c2=O)cc1. The number of rotatable bonds is 5. The van der Waals surface area contributed by atoms with E-state index in [1.54, 1.807) is 19.1 Å². The van der Waals surface area contributed by atoms with E-state index in [2.05, 4.69) is 4.98 Å². The van der Waals surface area contributed by atoms with Crippen molar-refractivity contribution in [3.8, 4) is 0 Å². The molecule has 2 rings (SSSR count). The smallest absolute Gasteiger partial charge is 0.325 e. The Morgan fingerprint density at radius 2 is 1.71 bits per heavy atom. The number of H-pyrrole nitrogens is 2. The van der Waals surface area contributed by atoms with Gasteiger partial charge in [-0.15, -0.1) is 0 Å². The van der Waals surface area contributed by atoms with E-state index in [0.717, 1.165) is 5.56 Å². The van der Waals surface area contributed by atoms with Crippen LogP contribution in [0.3, 0.4) is 0 Å². The maximum atomic E-state index is 12.8. The molecule has 0 saturated heterocycles. The molecule has 1 heterocycles. The number of hydrogen-bond acceptors (Lipinski definition) is 6. The van der Waals surface area contributed by atoms with E-state index in [0.29, 0.717) is 4.31 Å². The number of nitrogens with one attached hydrogen (secondary N) is 2. The summed E-state index contributed by atoms with van der Waals surface area (Å²) in [5, 5.41) is 11.0. The Morgan fingerprint density at radius 1 is 1.12 bits per heavy atom. The van der Waals surface area contributed by atoms with Gasteiger partial charge in [0.25, 0.3) is 15.6 Å². The number of aromatic nitrogens is 2. The van der Waals surface area contributed by atoms with Gasteiger partial charge in [-0.05, 0) is 26.0 Å². The summed E-state index contributed by atoms with van der Waals surface area (Å²) in [6.45, 7) is 2.03. The normalized spacial score (nSPS) is 11.2. The van der Waals surface area contributed by atoms with E-state index in [9.17, 15) is 27.9 Å². The number of hydrogen-bond donors (Lipinski definition) is 2. The Balaban J connectivity index is 2.69. The third-order valence-corrected chi connectivity index (χ3v) is 5.15. The van der Waals surface area contributed by atoms with Crippen LogP contribution in [0.5, 0.6) is 0 Å². The number of carbonyl (C=O) groups is 1. The summed E-state index contributed by atoms with van der Waals surface area (Å²) < 4.78 is 26.1.